The number of aliphatic hydroxyl groups excluding tert-OH is 1. The van der Waals surface area contributed by atoms with Crippen molar-refractivity contribution in [3.63, 3.8) is 0 Å². The minimum Gasteiger partial charge on any atom is -0.392 e. The van der Waals surface area contributed by atoms with Gasteiger partial charge in [0.2, 0.25) is 0 Å². The Morgan fingerprint density at radius 2 is 1.44 bits per heavy atom. The van der Waals surface area contributed by atoms with Gasteiger partial charge < -0.3 is 10.0 Å². The van der Waals surface area contributed by atoms with Gasteiger partial charge in [0.1, 0.15) is 0 Å². The van der Waals surface area contributed by atoms with Crippen molar-refractivity contribution in [1.82, 2.24) is 4.90 Å². The molecule has 0 bridgehead atoms. The van der Waals surface area contributed by atoms with E-state index in [2.05, 4.69) is 25.9 Å². The number of hydrogen-bond acceptors (Lipinski definition) is 2. The van der Waals surface area contributed by atoms with Crippen LogP contribution < -0.4 is 0 Å². The van der Waals surface area contributed by atoms with Crippen LogP contribution in [0.4, 0.5) is 0 Å². The normalized spacial score (nSPS) is 15.4. The SMILES string of the molecule is CCCCCCCCCC(C(C)O)N(C)C. The predicted octanol–water partition coefficient (Wildman–Crippen LogP) is 3.44. The molecule has 0 aromatic carbocycles. The molecule has 0 aliphatic rings. The molecule has 0 radical (unpaired) electrons. The van der Waals surface area contributed by atoms with Gasteiger partial charge in [-0.1, -0.05) is 51.9 Å². The molecule has 0 aliphatic carbocycles. The highest BCUT2D eigenvalue weighted by Crippen LogP contribution is 2.13. The van der Waals surface area contributed by atoms with E-state index in [1.54, 1.807) is 0 Å². The maximum Gasteiger partial charge on any atom is 0.0667 e. The molecule has 98 valence electrons. The van der Waals surface area contributed by atoms with Crippen molar-refractivity contribution in [2.45, 2.75) is 77.4 Å². The molecule has 0 spiro atoms. The van der Waals surface area contributed by atoms with E-state index in [9.17, 15) is 5.11 Å². The molecule has 2 heteroatoms. The van der Waals surface area contributed by atoms with E-state index < -0.39 is 0 Å². The first-order valence-electron chi connectivity index (χ1n) is 6.94. The van der Waals surface area contributed by atoms with Gasteiger partial charge in [-0.15, -0.1) is 0 Å². The van der Waals surface area contributed by atoms with Crippen molar-refractivity contribution in [1.29, 1.82) is 0 Å². The van der Waals surface area contributed by atoms with Crippen LogP contribution in [-0.2, 0) is 0 Å². The number of likely N-dealkylation sites (N-methyl/N-ethyl adjacent to an activating group) is 1. The highest BCUT2D eigenvalue weighted by molar-refractivity contribution is 4.71. The molecule has 2 nitrogen and oxygen atoms in total. The molecule has 2 atom stereocenters. The zero-order valence-corrected chi connectivity index (χ0v) is 11.7. The summed E-state index contributed by atoms with van der Waals surface area (Å²) in [5.41, 5.74) is 0. The van der Waals surface area contributed by atoms with Crippen LogP contribution in [0.3, 0.4) is 0 Å². The van der Waals surface area contributed by atoms with Gasteiger partial charge in [-0.05, 0) is 27.4 Å². The van der Waals surface area contributed by atoms with E-state index in [-0.39, 0.29) is 6.10 Å². The lowest BCUT2D eigenvalue weighted by Crippen LogP contribution is -2.37. The van der Waals surface area contributed by atoms with Crippen LogP contribution in [-0.4, -0.2) is 36.2 Å². The molecule has 0 rings (SSSR count). The van der Waals surface area contributed by atoms with Crippen LogP contribution in [0.2, 0.25) is 0 Å². The molecule has 0 heterocycles. The third-order valence-corrected chi connectivity index (χ3v) is 3.32. The lowest BCUT2D eigenvalue weighted by molar-refractivity contribution is 0.0834. The molecular weight excluding hydrogens is 198 g/mol. The van der Waals surface area contributed by atoms with E-state index in [1.807, 2.05) is 6.92 Å². The van der Waals surface area contributed by atoms with Gasteiger partial charge >= 0.3 is 0 Å². The second-order valence-electron chi connectivity index (χ2n) is 5.18. The third-order valence-electron chi connectivity index (χ3n) is 3.32. The van der Waals surface area contributed by atoms with E-state index >= 15 is 0 Å². The van der Waals surface area contributed by atoms with Crippen LogP contribution in [0.1, 0.15) is 65.2 Å². The van der Waals surface area contributed by atoms with Crippen molar-refractivity contribution in [3.05, 3.63) is 0 Å². The molecule has 2 unspecified atom stereocenters. The summed E-state index contributed by atoms with van der Waals surface area (Å²) in [4.78, 5) is 2.14. The average molecular weight is 229 g/mol. The fourth-order valence-electron chi connectivity index (χ4n) is 2.24. The first-order chi connectivity index (χ1) is 7.59. The van der Waals surface area contributed by atoms with E-state index in [4.69, 9.17) is 0 Å². The smallest absolute Gasteiger partial charge is 0.0667 e. The van der Waals surface area contributed by atoms with Crippen LogP contribution in [0.5, 0.6) is 0 Å². The van der Waals surface area contributed by atoms with Gasteiger partial charge in [0, 0.05) is 6.04 Å². The van der Waals surface area contributed by atoms with Crippen LogP contribution in [0.15, 0.2) is 0 Å². The van der Waals surface area contributed by atoms with Crippen molar-refractivity contribution < 1.29 is 5.11 Å². The van der Waals surface area contributed by atoms with E-state index in [0.29, 0.717) is 6.04 Å². The molecule has 1 N–H and O–H groups in total. The maximum absolute atomic E-state index is 9.61. The number of nitrogens with zero attached hydrogens (tertiary/aromatic N) is 1. The summed E-state index contributed by atoms with van der Waals surface area (Å²) in [6.45, 7) is 4.15. The van der Waals surface area contributed by atoms with Gasteiger partial charge in [0.05, 0.1) is 6.10 Å². The lowest BCUT2D eigenvalue weighted by Gasteiger charge is -2.26. The second kappa shape index (κ2) is 10.1. The fourth-order valence-corrected chi connectivity index (χ4v) is 2.24. The number of hydrogen-bond donors (Lipinski definition) is 1. The summed E-state index contributed by atoms with van der Waals surface area (Å²) in [7, 11) is 4.11. The van der Waals surface area contributed by atoms with Gasteiger partial charge in [-0.25, -0.2) is 0 Å². The van der Waals surface area contributed by atoms with E-state index in [1.165, 1.54) is 44.9 Å². The minimum absolute atomic E-state index is 0.213. The van der Waals surface area contributed by atoms with Crippen molar-refractivity contribution in [2.24, 2.45) is 0 Å². The van der Waals surface area contributed by atoms with E-state index in [0.717, 1.165) is 6.42 Å². The molecule has 0 fully saturated rings. The summed E-state index contributed by atoms with van der Waals surface area (Å²) in [5.74, 6) is 0. The fraction of sp³-hybridized carbons (Fsp3) is 1.00. The number of aliphatic hydroxyl groups is 1. The van der Waals surface area contributed by atoms with Gasteiger partial charge in [0.25, 0.3) is 0 Å². The molecule has 16 heavy (non-hydrogen) atoms. The minimum atomic E-state index is -0.213. The summed E-state index contributed by atoms with van der Waals surface area (Å²) < 4.78 is 0. The average Bonchev–Trinajstić information content (AvgIpc) is 2.21. The van der Waals surface area contributed by atoms with Gasteiger partial charge in [0.15, 0.2) is 0 Å². The Bertz CT molecular complexity index is 138. The molecule has 0 saturated carbocycles. The standard InChI is InChI=1S/C14H31NO/c1-5-6-7-8-9-10-11-12-14(13(2)16)15(3)4/h13-14,16H,5-12H2,1-4H3. The Morgan fingerprint density at radius 3 is 1.88 bits per heavy atom. The Hall–Kier alpha value is -0.0800. The monoisotopic (exact) mass is 229 g/mol. The molecule has 0 aromatic rings. The highest BCUT2D eigenvalue weighted by atomic mass is 16.3. The first-order valence-corrected chi connectivity index (χ1v) is 6.94. The van der Waals surface area contributed by atoms with Crippen LogP contribution in [0.25, 0.3) is 0 Å². The number of rotatable bonds is 10. The zero-order valence-electron chi connectivity index (χ0n) is 11.7. The Kier molecular flexibility index (Phi) is 10.0. The summed E-state index contributed by atoms with van der Waals surface area (Å²) in [6.07, 6.45) is 10.3. The van der Waals surface area contributed by atoms with Crippen LogP contribution in [0, 0.1) is 0 Å². The summed E-state index contributed by atoms with van der Waals surface area (Å²) >= 11 is 0. The quantitative estimate of drug-likeness (QED) is 0.580. The van der Waals surface area contributed by atoms with Crippen LogP contribution >= 0.6 is 0 Å². The van der Waals surface area contributed by atoms with Gasteiger partial charge in [-0.3, -0.25) is 0 Å². The third kappa shape index (κ3) is 8.12. The second-order valence-corrected chi connectivity index (χ2v) is 5.18. The molecule has 0 aliphatic heterocycles. The summed E-state index contributed by atoms with van der Waals surface area (Å²) in [5, 5.41) is 9.61. The van der Waals surface area contributed by atoms with Crippen molar-refractivity contribution in [3.8, 4) is 0 Å². The predicted molar refractivity (Wildman–Crippen MR) is 71.8 cm³/mol. The first kappa shape index (κ1) is 15.9. The van der Waals surface area contributed by atoms with Crippen molar-refractivity contribution in [2.75, 3.05) is 14.1 Å². The molecule has 0 aromatic heterocycles. The topological polar surface area (TPSA) is 23.5 Å². The summed E-state index contributed by atoms with van der Waals surface area (Å²) in [6, 6.07) is 0.329. The Morgan fingerprint density at radius 1 is 0.938 bits per heavy atom. The maximum atomic E-state index is 9.61. The molecular formula is C14H31NO. The zero-order chi connectivity index (χ0) is 12.4. The number of unbranched alkanes of at least 4 members (excludes halogenated alkanes) is 6. The highest BCUT2D eigenvalue weighted by Gasteiger charge is 2.16. The largest absolute Gasteiger partial charge is 0.392 e. The van der Waals surface area contributed by atoms with Gasteiger partial charge in [-0.2, -0.15) is 0 Å². The lowest BCUT2D eigenvalue weighted by atomic mass is 10.0. The molecule has 0 amide bonds. The molecule has 0 saturated heterocycles. The Balaban J connectivity index is 3.41. The Labute approximate surface area is 102 Å². The van der Waals surface area contributed by atoms with Crippen molar-refractivity contribution >= 4 is 0 Å².